The Morgan fingerprint density at radius 2 is 1.00 bits per heavy atom. The van der Waals surface area contributed by atoms with Crippen LogP contribution in [0.1, 0.15) is 0 Å². The second-order valence-corrected chi connectivity index (χ2v) is 3.94. The molecule has 0 fully saturated rings. The molecular formula is C14H17O6. The Morgan fingerprint density at radius 1 is 0.750 bits per heavy atom. The number of ether oxygens (including phenoxy) is 3. The molecule has 0 aliphatic heterocycles. The summed E-state index contributed by atoms with van der Waals surface area (Å²) in [7, 11) is 0. The minimum absolute atomic E-state index is 0.216. The van der Waals surface area contributed by atoms with E-state index in [1.807, 2.05) is 0 Å². The molecule has 6 heteroatoms. The van der Waals surface area contributed by atoms with Crippen LogP contribution in [0.15, 0.2) is 38.0 Å². The quantitative estimate of drug-likeness (QED) is 0.356. The molecule has 0 N–H and O–H groups in total. The first-order valence-corrected chi connectivity index (χ1v) is 5.60. The maximum atomic E-state index is 11.0. The Kier molecular flexibility index (Phi) is 7.65. The van der Waals surface area contributed by atoms with Gasteiger partial charge >= 0.3 is 17.9 Å². The Balaban J connectivity index is 4.63. The molecular weight excluding hydrogens is 264 g/mol. The third-order valence-corrected chi connectivity index (χ3v) is 2.06. The minimum Gasteiger partial charge on any atom is -0.462 e. The van der Waals surface area contributed by atoms with Gasteiger partial charge in [-0.25, -0.2) is 14.4 Å². The summed E-state index contributed by atoms with van der Waals surface area (Å²) in [5, 5.41) is 0. The lowest BCUT2D eigenvalue weighted by Crippen LogP contribution is -2.36. The normalized spacial score (nSPS) is 10.1. The van der Waals surface area contributed by atoms with Crippen molar-refractivity contribution in [2.24, 2.45) is 5.41 Å². The van der Waals surface area contributed by atoms with Crippen LogP contribution in [0.5, 0.6) is 0 Å². The highest BCUT2D eigenvalue weighted by atomic mass is 16.6. The fourth-order valence-corrected chi connectivity index (χ4v) is 0.974. The van der Waals surface area contributed by atoms with E-state index in [1.54, 1.807) is 0 Å². The van der Waals surface area contributed by atoms with E-state index in [2.05, 4.69) is 26.7 Å². The molecule has 0 saturated carbocycles. The smallest absolute Gasteiger partial charge is 0.330 e. The number of hydrogen-bond acceptors (Lipinski definition) is 6. The highest BCUT2D eigenvalue weighted by Gasteiger charge is 2.30. The van der Waals surface area contributed by atoms with Gasteiger partial charge in [-0.15, -0.1) is 0 Å². The van der Waals surface area contributed by atoms with Gasteiger partial charge in [-0.1, -0.05) is 19.7 Å². The molecule has 0 heterocycles. The number of carbonyl (C=O) groups is 3. The van der Waals surface area contributed by atoms with Crippen LogP contribution in [0.4, 0.5) is 0 Å². The Bertz CT molecular complexity index is 350. The van der Waals surface area contributed by atoms with E-state index in [0.29, 0.717) is 0 Å². The number of esters is 3. The number of carbonyl (C=O) groups excluding carboxylic acids is 3. The van der Waals surface area contributed by atoms with Gasteiger partial charge in [0.25, 0.3) is 0 Å². The van der Waals surface area contributed by atoms with Crippen LogP contribution in [-0.2, 0) is 28.6 Å². The maximum absolute atomic E-state index is 11.0. The van der Waals surface area contributed by atoms with Crippen LogP contribution in [0.2, 0.25) is 0 Å². The molecule has 0 bridgehead atoms. The number of rotatable bonds is 9. The van der Waals surface area contributed by atoms with Crippen molar-refractivity contribution in [3.63, 3.8) is 0 Å². The molecule has 109 valence electrons. The molecule has 20 heavy (non-hydrogen) atoms. The molecule has 0 aromatic rings. The average Bonchev–Trinajstić information content (AvgIpc) is 2.47. The van der Waals surface area contributed by atoms with Crippen molar-refractivity contribution in [3.05, 3.63) is 44.9 Å². The van der Waals surface area contributed by atoms with E-state index in [9.17, 15) is 14.4 Å². The molecule has 0 spiro atoms. The topological polar surface area (TPSA) is 78.9 Å². The molecule has 0 aromatic carbocycles. The standard InChI is InChI=1S/C14H17O6/c1-5-11(15)18-8-14(4,9-19-12(16)6-2)10-20-13(17)7-3/h5-7H,1-4,8-10H2. The highest BCUT2D eigenvalue weighted by molar-refractivity contribution is 5.82. The summed E-state index contributed by atoms with van der Waals surface area (Å²) in [6.07, 6.45) is 2.93. The summed E-state index contributed by atoms with van der Waals surface area (Å²) >= 11 is 0. The molecule has 1 radical (unpaired) electrons. The van der Waals surface area contributed by atoms with E-state index >= 15 is 0 Å². The summed E-state index contributed by atoms with van der Waals surface area (Å²) in [4.78, 5) is 33.1. The highest BCUT2D eigenvalue weighted by Crippen LogP contribution is 2.18. The Labute approximate surface area is 117 Å². The van der Waals surface area contributed by atoms with Gasteiger partial charge in [-0.05, 0) is 6.92 Å². The van der Waals surface area contributed by atoms with Gasteiger partial charge in [0.1, 0.15) is 19.8 Å². The summed E-state index contributed by atoms with van der Waals surface area (Å²) in [6.45, 7) is 12.8. The summed E-state index contributed by atoms with van der Waals surface area (Å²) in [6, 6.07) is 0. The van der Waals surface area contributed by atoms with Crippen LogP contribution >= 0.6 is 0 Å². The number of hydrogen-bond donors (Lipinski definition) is 0. The average molecular weight is 281 g/mol. The lowest BCUT2D eigenvalue weighted by atomic mass is 9.94. The van der Waals surface area contributed by atoms with Gasteiger partial charge in [-0.3, -0.25) is 0 Å². The molecule has 0 saturated heterocycles. The molecule has 0 unspecified atom stereocenters. The SMILES string of the molecule is [CH2]C(COC(=O)C=C)(COC(=O)C=C)COC(=O)C=C. The zero-order valence-corrected chi connectivity index (χ0v) is 11.1. The van der Waals surface area contributed by atoms with Crippen molar-refractivity contribution in [2.75, 3.05) is 19.8 Å². The lowest BCUT2D eigenvalue weighted by molar-refractivity contribution is -0.152. The van der Waals surface area contributed by atoms with Crippen molar-refractivity contribution in [2.45, 2.75) is 0 Å². The van der Waals surface area contributed by atoms with Crippen LogP contribution < -0.4 is 0 Å². The van der Waals surface area contributed by atoms with Gasteiger partial charge in [0.15, 0.2) is 0 Å². The van der Waals surface area contributed by atoms with Crippen LogP contribution in [0.25, 0.3) is 0 Å². The molecule has 6 nitrogen and oxygen atoms in total. The van der Waals surface area contributed by atoms with Gasteiger partial charge in [0, 0.05) is 18.2 Å². The molecule has 0 rings (SSSR count). The zero-order valence-electron chi connectivity index (χ0n) is 11.1. The van der Waals surface area contributed by atoms with E-state index in [-0.39, 0.29) is 19.8 Å². The van der Waals surface area contributed by atoms with E-state index < -0.39 is 23.3 Å². The molecule has 0 aliphatic carbocycles. The largest absolute Gasteiger partial charge is 0.462 e. The van der Waals surface area contributed by atoms with Gasteiger partial charge < -0.3 is 14.2 Å². The predicted octanol–water partition coefficient (Wildman–Crippen LogP) is 0.994. The summed E-state index contributed by atoms with van der Waals surface area (Å²) in [5.74, 6) is -1.99. The Morgan fingerprint density at radius 3 is 1.20 bits per heavy atom. The molecule has 0 aliphatic rings. The minimum atomic E-state index is -1.13. The van der Waals surface area contributed by atoms with Crippen molar-refractivity contribution in [1.29, 1.82) is 0 Å². The fraction of sp³-hybridized carbons (Fsp3) is 0.286. The van der Waals surface area contributed by atoms with Crippen molar-refractivity contribution < 1.29 is 28.6 Å². The molecule has 0 amide bonds. The summed E-state index contributed by atoms with van der Waals surface area (Å²) in [5.41, 5.74) is -1.13. The third kappa shape index (κ3) is 7.15. The monoisotopic (exact) mass is 281 g/mol. The van der Waals surface area contributed by atoms with Crippen molar-refractivity contribution >= 4 is 17.9 Å². The van der Waals surface area contributed by atoms with Crippen molar-refractivity contribution in [1.82, 2.24) is 0 Å². The second-order valence-electron chi connectivity index (χ2n) is 3.94. The first-order valence-electron chi connectivity index (χ1n) is 5.60. The van der Waals surface area contributed by atoms with Crippen LogP contribution in [0, 0.1) is 12.3 Å². The van der Waals surface area contributed by atoms with Crippen molar-refractivity contribution in [3.8, 4) is 0 Å². The molecule has 0 atom stereocenters. The summed E-state index contributed by atoms with van der Waals surface area (Å²) < 4.78 is 14.5. The van der Waals surface area contributed by atoms with Gasteiger partial charge in [-0.2, -0.15) is 0 Å². The first-order chi connectivity index (χ1) is 9.36. The zero-order chi connectivity index (χ0) is 15.6. The van der Waals surface area contributed by atoms with E-state index in [1.165, 1.54) is 0 Å². The Hall–Kier alpha value is -2.37. The lowest BCUT2D eigenvalue weighted by Gasteiger charge is -2.27. The first kappa shape index (κ1) is 17.6. The second kappa shape index (κ2) is 8.68. The van der Waals surface area contributed by atoms with Crippen LogP contribution in [0.3, 0.4) is 0 Å². The van der Waals surface area contributed by atoms with Gasteiger partial charge in [0.2, 0.25) is 0 Å². The van der Waals surface area contributed by atoms with Crippen LogP contribution in [-0.4, -0.2) is 37.7 Å². The maximum Gasteiger partial charge on any atom is 0.330 e. The third-order valence-electron chi connectivity index (χ3n) is 2.06. The molecule has 0 aromatic heterocycles. The van der Waals surface area contributed by atoms with E-state index in [4.69, 9.17) is 14.2 Å². The predicted molar refractivity (Wildman–Crippen MR) is 71.3 cm³/mol. The fourth-order valence-electron chi connectivity index (χ4n) is 0.974. The van der Waals surface area contributed by atoms with E-state index in [0.717, 1.165) is 18.2 Å². The van der Waals surface area contributed by atoms with Gasteiger partial charge in [0.05, 0.1) is 5.41 Å².